The number of hydrogen-bond donors (Lipinski definition) is 0. The molecule has 0 radical (unpaired) electrons. The van der Waals surface area contributed by atoms with Crippen LogP contribution in [0, 0.1) is 6.92 Å². The molecule has 9 heteroatoms. The van der Waals surface area contributed by atoms with Crippen LogP contribution in [0.3, 0.4) is 0 Å². The van der Waals surface area contributed by atoms with Crippen molar-refractivity contribution in [1.82, 2.24) is 23.8 Å². The number of fused-ring (bicyclic) bond motifs is 1. The zero-order valence-corrected chi connectivity index (χ0v) is 15.3. The van der Waals surface area contributed by atoms with Crippen LogP contribution in [0.25, 0.3) is 10.8 Å². The predicted octanol–water partition coefficient (Wildman–Crippen LogP) is 1.76. The summed E-state index contributed by atoms with van der Waals surface area (Å²) in [6.07, 6.45) is 1.38. The van der Waals surface area contributed by atoms with Crippen LogP contribution in [0.4, 0.5) is 5.82 Å². The van der Waals surface area contributed by atoms with E-state index in [2.05, 4.69) is 13.9 Å². The first-order valence-corrected chi connectivity index (χ1v) is 9.23. The molecule has 2 aliphatic heterocycles. The highest BCUT2D eigenvalue weighted by atomic mass is 32.1. The summed E-state index contributed by atoms with van der Waals surface area (Å²) in [4.78, 5) is 37.1. The fourth-order valence-electron chi connectivity index (χ4n) is 3.69. The van der Waals surface area contributed by atoms with E-state index in [9.17, 15) is 9.59 Å². The number of hydrogen-bond acceptors (Lipinski definition) is 6. The Morgan fingerprint density at radius 2 is 2.04 bits per heavy atom. The molecule has 1 saturated heterocycles. The van der Waals surface area contributed by atoms with Crippen molar-refractivity contribution in [2.45, 2.75) is 46.2 Å². The highest BCUT2D eigenvalue weighted by Crippen LogP contribution is 2.38. The van der Waals surface area contributed by atoms with Gasteiger partial charge < -0.3 is 9.47 Å². The van der Waals surface area contributed by atoms with Crippen molar-refractivity contribution in [2.24, 2.45) is 0 Å². The molecule has 0 aliphatic carbocycles. The lowest BCUT2D eigenvalue weighted by Crippen LogP contribution is -2.40. The molecular formula is C16H20N6O2S. The lowest BCUT2D eigenvalue weighted by molar-refractivity contribution is -0.131. The van der Waals surface area contributed by atoms with E-state index in [1.807, 2.05) is 18.7 Å². The number of imidazole rings is 1. The molecule has 0 spiro atoms. The SMILES string of the molecule is CC(=O)N1CCn2c(-c3nc(C)ns3)nc(N3CCCC3=O)c2[C@H]1C. The number of aromatic nitrogens is 4. The predicted molar refractivity (Wildman–Crippen MR) is 93.3 cm³/mol. The summed E-state index contributed by atoms with van der Waals surface area (Å²) < 4.78 is 6.36. The van der Waals surface area contributed by atoms with Crippen LogP contribution in [-0.2, 0) is 16.1 Å². The number of nitrogens with zero attached hydrogens (tertiary/aromatic N) is 6. The van der Waals surface area contributed by atoms with Gasteiger partial charge in [-0.25, -0.2) is 9.97 Å². The highest BCUT2D eigenvalue weighted by molar-refractivity contribution is 7.09. The summed E-state index contributed by atoms with van der Waals surface area (Å²) in [5.41, 5.74) is 0.916. The average Bonchev–Trinajstić information content (AvgIpc) is 3.25. The van der Waals surface area contributed by atoms with E-state index in [-0.39, 0.29) is 17.9 Å². The minimum atomic E-state index is -0.134. The standard InChI is InChI=1S/C16H20N6O2S/c1-9-13-14(21-6-4-5-12(21)24)18-15(16-17-10(2)19-25-16)22(13)8-7-20(9)11(3)23/h9H,4-8H2,1-3H3/t9-/m1/s1. The molecule has 1 atom stereocenters. The van der Waals surface area contributed by atoms with Gasteiger partial charge in [0.1, 0.15) is 5.82 Å². The largest absolute Gasteiger partial charge is 0.333 e. The molecule has 2 aromatic rings. The lowest BCUT2D eigenvalue weighted by Gasteiger charge is -2.35. The molecule has 4 rings (SSSR count). The van der Waals surface area contributed by atoms with Crippen molar-refractivity contribution in [3.63, 3.8) is 0 Å². The van der Waals surface area contributed by atoms with Gasteiger partial charge in [0.15, 0.2) is 16.6 Å². The van der Waals surface area contributed by atoms with Gasteiger partial charge in [0, 0.05) is 33.0 Å². The third kappa shape index (κ3) is 2.53. The maximum atomic E-state index is 12.3. The number of anilines is 1. The summed E-state index contributed by atoms with van der Waals surface area (Å²) in [5.74, 6) is 2.25. The van der Waals surface area contributed by atoms with Gasteiger partial charge in [0.05, 0.1) is 11.7 Å². The Balaban J connectivity index is 1.88. The van der Waals surface area contributed by atoms with E-state index >= 15 is 0 Å². The molecule has 1 fully saturated rings. The lowest BCUT2D eigenvalue weighted by atomic mass is 10.1. The first kappa shape index (κ1) is 16.2. The van der Waals surface area contributed by atoms with E-state index in [0.717, 1.165) is 22.9 Å². The van der Waals surface area contributed by atoms with Gasteiger partial charge in [0.2, 0.25) is 11.8 Å². The van der Waals surface area contributed by atoms with Crippen molar-refractivity contribution in [1.29, 1.82) is 0 Å². The van der Waals surface area contributed by atoms with Crippen molar-refractivity contribution in [2.75, 3.05) is 18.0 Å². The van der Waals surface area contributed by atoms with Gasteiger partial charge >= 0.3 is 0 Å². The van der Waals surface area contributed by atoms with Crippen LogP contribution in [0.1, 0.15) is 44.2 Å². The normalized spacial score (nSPS) is 20.3. The Labute approximate surface area is 149 Å². The van der Waals surface area contributed by atoms with Crippen molar-refractivity contribution in [3.05, 3.63) is 11.5 Å². The van der Waals surface area contributed by atoms with Crippen LogP contribution >= 0.6 is 11.5 Å². The quantitative estimate of drug-likeness (QED) is 0.815. The number of rotatable bonds is 2. The number of amides is 2. The monoisotopic (exact) mass is 360 g/mol. The molecule has 25 heavy (non-hydrogen) atoms. The molecule has 2 aliphatic rings. The van der Waals surface area contributed by atoms with E-state index in [1.165, 1.54) is 11.5 Å². The Bertz CT molecular complexity index is 857. The van der Waals surface area contributed by atoms with Crippen molar-refractivity contribution >= 4 is 29.2 Å². The van der Waals surface area contributed by atoms with Crippen LogP contribution in [0.15, 0.2) is 0 Å². The third-order valence-electron chi connectivity index (χ3n) is 4.87. The van der Waals surface area contributed by atoms with E-state index in [0.29, 0.717) is 37.7 Å². The van der Waals surface area contributed by atoms with Gasteiger partial charge in [-0.3, -0.25) is 14.5 Å². The maximum absolute atomic E-state index is 12.3. The number of carbonyl (C=O) groups excluding carboxylic acids is 2. The molecule has 0 saturated carbocycles. The van der Waals surface area contributed by atoms with Crippen LogP contribution < -0.4 is 4.90 Å². The van der Waals surface area contributed by atoms with E-state index in [4.69, 9.17) is 4.98 Å². The summed E-state index contributed by atoms with van der Waals surface area (Å²) in [5, 5.41) is 0.750. The first-order valence-electron chi connectivity index (χ1n) is 8.46. The summed E-state index contributed by atoms with van der Waals surface area (Å²) in [6, 6.07) is -0.134. The van der Waals surface area contributed by atoms with Crippen molar-refractivity contribution < 1.29 is 9.59 Å². The van der Waals surface area contributed by atoms with Crippen LogP contribution in [0.2, 0.25) is 0 Å². The van der Waals surface area contributed by atoms with Gasteiger partial charge in [-0.1, -0.05) is 0 Å². The Morgan fingerprint density at radius 3 is 2.64 bits per heavy atom. The second-order valence-corrected chi connectivity index (χ2v) is 7.23. The molecule has 2 aromatic heterocycles. The summed E-state index contributed by atoms with van der Waals surface area (Å²) in [7, 11) is 0. The first-order chi connectivity index (χ1) is 12.0. The second-order valence-electron chi connectivity index (χ2n) is 6.48. The average molecular weight is 360 g/mol. The molecule has 2 amide bonds. The molecule has 0 N–H and O–H groups in total. The second kappa shape index (κ2) is 5.91. The van der Waals surface area contributed by atoms with Gasteiger partial charge in [-0.15, -0.1) is 0 Å². The molecule has 0 unspecified atom stereocenters. The minimum absolute atomic E-state index is 0.0342. The van der Waals surface area contributed by atoms with Gasteiger partial charge in [-0.2, -0.15) is 4.37 Å². The third-order valence-corrected chi connectivity index (χ3v) is 5.67. The zero-order chi connectivity index (χ0) is 17.7. The van der Waals surface area contributed by atoms with E-state index < -0.39 is 0 Å². The van der Waals surface area contributed by atoms with Gasteiger partial charge in [-0.05, 0) is 31.8 Å². The minimum Gasteiger partial charge on any atom is -0.333 e. The Hall–Kier alpha value is -2.29. The Morgan fingerprint density at radius 1 is 1.24 bits per heavy atom. The summed E-state index contributed by atoms with van der Waals surface area (Å²) in [6.45, 7) is 7.36. The van der Waals surface area contributed by atoms with Gasteiger partial charge in [0.25, 0.3) is 0 Å². The fourth-order valence-corrected chi connectivity index (χ4v) is 4.36. The molecule has 132 valence electrons. The van der Waals surface area contributed by atoms with Crippen molar-refractivity contribution in [3.8, 4) is 10.8 Å². The highest BCUT2D eigenvalue weighted by Gasteiger charge is 2.37. The molecule has 0 bridgehead atoms. The molecule has 0 aromatic carbocycles. The van der Waals surface area contributed by atoms with Crippen LogP contribution in [-0.4, -0.2) is 48.7 Å². The van der Waals surface area contributed by atoms with E-state index in [1.54, 1.807) is 11.8 Å². The van der Waals surface area contributed by atoms with Crippen LogP contribution in [0.5, 0.6) is 0 Å². The number of carbonyl (C=O) groups is 2. The summed E-state index contributed by atoms with van der Waals surface area (Å²) >= 11 is 1.31. The number of aryl methyl sites for hydroxylation is 1. The molecular weight excluding hydrogens is 340 g/mol. The molecule has 4 heterocycles. The zero-order valence-electron chi connectivity index (χ0n) is 14.5. The maximum Gasteiger partial charge on any atom is 0.228 e. The topological polar surface area (TPSA) is 84.2 Å². The smallest absolute Gasteiger partial charge is 0.228 e. The Kier molecular flexibility index (Phi) is 3.82. The molecule has 8 nitrogen and oxygen atoms in total. The fraction of sp³-hybridized carbons (Fsp3) is 0.562.